The second kappa shape index (κ2) is 19.8. The molecule has 2 aromatic heterocycles. The van der Waals surface area contributed by atoms with Gasteiger partial charge in [0.2, 0.25) is 11.8 Å². The monoisotopic (exact) mass is 853 g/mol. The van der Waals surface area contributed by atoms with Gasteiger partial charge in [0.25, 0.3) is 0 Å². The molecule has 11 N–H and O–H groups in total. The van der Waals surface area contributed by atoms with Gasteiger partial charge in [0.05, 0.1) is 25.6 Å². The number of nitrogens with zero attached hydrogens (tertiary/aromatic N) is 4. The minimum absolute atomic E-state index is 0.0345. The number of aliphatic hydroxyl groups excluding tert-OH is 3. The number of phosphoric acid groups is 3. The van der Waals surface area contributed by atoms with Crippen molar-refractivity contribution in [1.29, 1.82) is 0 Å². The van der Waals surface area contributed by atoms with Gasteiger partial charge in [0.15, 0.2) is 17.7 Å². The molecule has 3 heterocycles. The molecule has 0 bridgehead atoms. The summed E-state index contributed by atoms with van der Waals surface area (Å²) in [7, 11) is -16.4. The van der Waals surface area contributed by atoms with E-state index in [0.717, 1.165) is 23.6 Å². The van der Waals surface area contributed by atoms with Crippen LogP contribution in [0.4, 0.5) is 5.82 Å². The average Bonchev–Trinajstić information content (AvgIpc) is 3.62. The first-order valence-corrected chi connectivity index (χ1v) is 21.9. The third-order valence-electron chi connectivity index (χ3n) is 7.58. The second-order valence-electron chi connectivity index (χ2n) is 12.6. The third kappa shape index (κ3) is 14.1. The highest BCUT2D eigenvalue weighted by Gasteiger charge is 2.50. The predicted molar refractivity (Wildman–Crippen MR) is 188 cm³/mol. The van der Waals surface area contributed by atoms with Gasteiger partial charge in [0, 0.05) is 36.4 Å². The van der Waals surface area contributed by atoms with E-state index in [0.29, 0.717) is 24.5 Å². The van der Waals surface area contributed by atoms with E-state index in [9.17, 15) is 58.2 Å². The molecule has 1 fully saturated rings. The number of imidazole rings is 1. The summed E-state index contributed by atoms with van der Waals surface area (Å²) in [5.41, 5.74) is 4.29. The number of ether oxygens (including phenoxy) is 1. The van der Waals surface area contributed by atoms with Crippen molar-refractivity contribution < 1.29 is 80.8 Å². The Morgan fingerprint density at radius 1 is 1.07 bits per heavy atom. The second-order valence-corrected chi connectivity index (χ2v) is 18.0. The number of hydrogen-bond acceptors (Lipinski definition) is 18. The number of carbonyl (C=O) groups is 2. The molecule has 0 aliphatic carbocycles. The van der Waals surface area contributed by atoms with E-state index in [2.05, 4.69) is 34.4 Å². The summed E-state index contributed by atoms with van der Waals surface area (Å²) in [5.74, 6) is -0.240. The Hall–Kier alpha value is -2.15. The number of nitrogens with two attached hydrogens (primary N) is 1. The van der Waals surface area contributed by atoms with Crippen LogP contribution in [0.3, 0.4) is 0 Å². The van der Waals surface area contributed by atoms with Crippen LogP contribution in [0.5, 0.6) is 0 Å². The van der Waals surface area contributed by atoms with Gasteiger partial charge in [-0.1, -0.05) is 27.2 Å². The molecule has 8 atom stereocenters. The van der Waals surface area contributed by atoms with Crippen LogP contribution in [0.1, 0.15) is 46.3 Å². The zero-order valence-electron chi connectivity index (χ0n) is 29.3. The number of phosphoric ester groups is 3. The molecule has 0 spiro atoms. The van der Waals surface area contributed by atoms with Gasteiger partial charge < -0.3 is 56.0 Å². The molecule has 3 rings (SSSR count). The van der Waals surface area contributed by atoms with Gasteiger partial charge in [-0.2, -0.15) is 16.1 Å². The molecular weight excluding hydrogens is 807 g/mol. The first-order chi connectivity index (χ1) is 25.1. The molecule has 308 valence electrons. The number of nitrogens with one attached hydrogen (secondary N) is 2. The summed E-state index contributed by atoms with van der Waals surface area (Å²) in [6.45, 7) is 2.69. The number of anilines is 1. The molecule has 1 saturated heterocycles. The lowest BCUT2D eigenvalue weighted by Gasteiger charge is -2.30. The number of rotatable bonds is 23. The Bertz CT molecular complexity index is 1720. The number of thioether (sulfide) groups is 1. The number of amides is 2. The zero-order valence-corrected chi connectivity index (χ0v) is 32.8. The van der Waals surface area contributed by atoms with Crippen molar-refractivity contribution in [2.45, 2.75) is 76.8 Å². The summed E-state index contributed by atoms with van der Waals surface area (Å²) < 4.78 is 62.0. The maximum absolute atomic E-state index is 12.7. The molecule has 24 nitrogen and oxygen atoms in total. The molecule has 0 saturated carbocycles. The fourth-order valence-electron chi connectivity index (χ4n) is 4.84. The number of fused-ring (bicyclic) bond motifs is 1. The summed E-state index contributed by atoms with van der Waals surface area (Å²) in [5, 5.41) is 36.1. The summed E-state index contributed by atoms with van der Waals surface area (Å²) in [4.78, 5) is 75.4. The van der Waals surface area contributed by atoms with Crippen molar-refractivity contribution >= 4 is 64.0 Å². The predicted octanol–water partition coefficient (Wildman–Crippen LogP) is -0.701. The Morgan fingerprint density at radius 2 is 1.76 bits per heavy atom. The third-order valence-corrected chi connectivity index (χ3v) is 11.8. The highest BCUT2D eigenvalue weighted by atomic mass is 32.2. The maximum Gasteiger partial charge on any atom is 0.481 e. The Kier molecular flexibility index (Phi) is 17.0. The van der Waals surface area contributed by atoms with Crippen molar-refractivity contribution in [1.82, 2.24) is 30.2 Å². The largest absolute Gasteiger partial charge is 0.481 e. The molecule has 1 aliphatic rings. The van der Waals surface area contributed by atoms with E-state index in [-0.39, 0.29) is 35.9 Å². The number of carbonyl (C=O) groups excluding carboxylic acids is 2. The first kappa shape index (κ1) is 46.2. The van der Waals surface area contributed by atoms with Gasteiger partial charge in [-0.25, -0.2) is 28.6 Å². The lowest BCUT2D eigenvalue weighted by molar-refractivity contribution is -0.137. The zero-order chi connectivity index (χ0) is 40.5. The lowest BCUT2D eigenvalue weighted by atomic mass is 9.87. The molecular formula is C26H46N7O17P3S. The number of aromatic nitrogens is 4. The van der Waals surface area contributed by atoms with E-state index in [4.69, 9.17) is 19.5 Å². The van der Waals surface area contributed by atoms with E-state index < -0.39 is 84.8 Å². The molecule has 2 aromatic rings. The van der Waals surface area contributed by atoms with Crippen LogP contribution < -0.4 is 16.4 Å². The fraction of sp³-hybridized carbons (Fsp3) is 0.731. The lowest BCUT2D eigenvalue weighted by Crippen LogP contribution is -2.46. The van der Waals surface area contributed by atoms with Crippen LogP contribution in [0, 0.1) is 5.41 Å². The van der Waals surface area contributed by atoms with Gasteiger partial charge in [-0.15, -0.1) is 0 Å². The van der Waals surface area contributed by atoms with Gasteiger partial charge in [0.1, 0.15) is 36.3 Å². The van der Waals surface area contributed by atoms with Crippen molar-refractivity contribution in [3.63, 3.8) is 0 Å². The van der Waals surface area contributed by atoms with E-state index in [1.54, 1.807) is 0 Å². The van der Waals surface area contributed by atoms with Gasteiger partial charge >= 0.3 is 23.5 Å². The molecule has 2 amide bonds. The van der Waals surface area contributed by atoms with Crippen LogP contribution >= 0.6 is 35.2 Å². The molecule has 54 heavy (non-hydrogen) atoms. The molecule has 28 heteroatoms. The van der Waals surface area contributed by atoms with E-state index in [1.807, 2.05) is 6.92 Å². The van der Waals surface area contributed by atoms with Crippen molar-refractivity contribution in [3.05, 3.63) is 12.7 Å². The van der Waals surface area contributed by atoms with Gasteiger partial charge in [-0.05, 0) is 6.42 Å². The molecule has 0 aromatic carbocycles. The minimum atomic E-state index is -5.56. The van der Waals surface area contributed by atoms with Crippen molar-refractivity contribution in [3.8, 4) is 0 Å². The van der Waals surface area contributed by atoms with Crippen LogP contribution in [-0.2, 0) is 45.9 Å². The van der Waals surface area contributed by atoms with Crippen LogP contribution in [0.25, 0.3) is 11.2 Å². The van der Waals surface area contributed by atoms with Crippen molar-refractivity contribution in [2.75, 3.05) is 43.5 Å². The highest BCUT2D eigenvalue weighted by molar-refractivity contribution is 7.99. The maximum atomic E-state index is 12.7. The summed E-state index contributed by atoms with van der Waals surface area (Å²) in [6.07, 6.45) is -5.66. The Balaban J connectivity index is 1.50. The number of aliphatic hydroxyl groups is 3. The smallest absolute Gasteiger partial charge is 0.392 e. The first-order valence-electron chi connectivity index (χ1n) is 16.2. The van der Waals surface area contributed by atoms with Crippen LogP contribution in [-0.4, -0.2) is 135 Å². The topological polar surface area (TPSA) is 367 Å². The summed E-state index contributed by atoms with van der Waals surface area (Å²) >= 11 is 1.48. The fourth-order valence-corrected chi connectivity index (χ4v) is 8.52. The quantitative estimate of drug-likeness (QED) is 0.0488. The minimum Gasteiger partial charge on any atom is -0.392 e. The van der Waals surface area contributed by atoms with Gasteiger partial charge in [-0.3, -0.25) is 27.7 Å². The van der Waals surface area contributed by atoms with Crippen molar-refractivity contribution in [2.24, 2.45) is 5.41 Å². The number of hydrogen-bond donors (Lipinski definition) is 10. The highest BCUT2D eigenvalue weighted by Crippen LogP contribution is 2.61. The summed E-state index contributed by atoms with van der Waals surface area (Å²) in [6, 6.07) is 0. The Labute approximate surface area is 313 Å². The standard InChI is InChI=1S/C26H46N7O17P3S/c1-4-5-15(34)11-54-9-8-28-17(35)6-7-29-24(38)21(37)26(2,3)12-47-53(44,45)50-52(42,43)46-10-16-20(49-51(39,40)41)19(36)25(48-16)33-14-32-18-22(27)30-13-31-23(18)33/h13-16,19-21,25,34,36-37H,4-12H2,1-3H3,(H,28,35)(H,29,38)(H,42,43)(H,44,45)(H2,27,30,31)(H2,39,40,41)/t15-,16-,19-,20-,21?,25-/m1/s1. The van der Waals surface area contributed by atoms with Crippen LogP contribution in [0.15, 0.2) is 12.7 Å². The van der Waals surface area contributed by atoms with Crippen LogP contribution in [0.2, 0.25) is 0 Å². The molecule has 1 aliphatic heterocycles. The normalized spacial score (nSPS) is 22.7. The Morgan fingerprint density at radius 3 is 2.43 bits per heavy atom. The SMILES string of the molecule is CCC[C@@H](O)CSCCNC(=O)CCNC(=O)C(O)C(C)(C)COP(=O)(O)OP(=O)(O)OC[C@H]1O[C@@H](n2cnc3c(N)ncnc32)[C@H](O)[C@@H]1OP(=O)(O)O. The van der Waals surface area contributed by atoms with E-state index >= 15 is 0 Å². The van der Waals surface area contributed by atoms with E-state index in [1.165, 1.54) is 25.6 Å². The average molecular weight is 854 g/mol. The molecule has 0 radical (unpaired) electrons. The number of nitrogen functional groups attached to an aromatic ring is 1. The molecule has 3 unspecified atom stereocenters.